The van der Waals surface area contributed by atoms with Gasteiger partial charge in [0.2, 0.25) is 0 Å². The Morgan fingerprint density at radius 2 is 1.07 bits per heavy atom. The fourth-order valence-corrected chi connectivity index (χ4v) is 4.79. The summed E-state index contributed by atoms with van der Waals surface area (Å²) >= 11 is 0. The number of aliphatic hydroxyl groups is 1. The van der Waals surface area contributed by atoms with Gasteiger partial charge >= 0.3 is 0 Å². The van der Waals surface area contributed by atoms with Crippen LogP contribution in [0.2, 0.25) is 0 Å². The van der Waals surface area contributed by atoms with E-state index in [0.717, 1.165) is 10.9 Å². The summed E-state index contributed by atoms with van der Waals surface area (Å²) in [5.41, 5.74) is 0. The lowest BCUT2D eigenvalue weighted by atomic mass is 9.90. The highest BCUT2D eigenvalue weighted by Gasteiger charge is 2.35. The van der Waals surface area contributed by atoms with Crippen LogP contribution in [-0.2, 0) is 0 Å². The number of quaternary nitrogens is 1. The summed E-state index contributed by atoms with van der Waals surface area (Å²) in [6.45, 7) is 3.53. The summed E-state index contributed by atoms with van der Waals surface area (Å²) in [6.07, 6.45) is 24.7. The molecular formula is C24H50INO. The summed E-state index contributed by atoms with van der Waals surface area (Å²) in [6, 6.07) is 0.478. The third-order valence-corrected chi connectivity index (χ3v) is 6.68. The van der Waals surface area contributed by atoms with Gasteiger partial charge in [-0.3, -0.25) is 0 Å². The Morgan fingerprint density at radius 3 is 1.52 bits per heavy atom. The number of nitrogens with zero attached hydrogens (tertiary/aromatic N) is 1. The first-order chi connectivity index (χ1) is 12.6. The van der Waals surface area contributed by atoms with Gasteiger partial charge in [-0.15, -0.1) is 0 Å². The van der Waals surface area contributed by atoms with Crippen LogP contribution in [0.4, 0.5) is 0 Å². The molecular weight excluding hydrogens is 445 g/mol. The highest BCUT2D eigenvalue weighted by molar-refractivity contribution is 4.75. The molecule has 0 aromatic rings. The predicted octanol–water partition coefficient (Wildman–Crippen LogP) is 3.85. The number of unbranched alkanes of at least 4 members (excludes halogenated alkanes) is 13. The van der Waals surface area contributed by atoms with Gasteiger partial charge < -0.3 is 33.6 Å². The van der Waals surface area contributed by atoms with E-state index in [0.29, 0.717) is 6.04 Å². The van der Waals surface area contributed by atoms with Crippen molar-refractivity contribution in [3.8, 4) is 0 Å². The molecule has 1 N–H and O–H groups in total. The maximum absolute atomic E-state index is 10.3. The molecule has 3 heteroatoms. The van der Waals surface area contributed by atoms with Crippen molar-refractivity contribution in [3.63, 3.8) is 0 Å². The van der Waals surface area contributed by atoms with Gasteiger partial charge in [0, 0.05) is 6.42 Å². The highest BCUT2D eigenvalue weighted by atomic mass is 127. The van der Waals surface area contributed by atoms with E-state index in [-0.39, 0.29) is 30.1 Å². The van der Waals surface area contributed by atoms with Gasteiger partial charge in [-0.05, 0) is 25.7 Å². The first kappa shape index (κ1) is 27.6. The van der Waals surface area contributed by atoms with Gasteiger partial charge in [-0.1, -0.05) is 90.4 Å². The number of aliphatic hydroxyl groups excluding tert-OH is 1. The molecule has 164 valence electrons. The van der Waals surface area contributed by atoms with Crippen molar-refractivity contribution in [1.82, 2.24) is 0 Å². The Kier molecular flexibility index (Phi) is 17.9. The molecule has 1 aliphatic rings. The zero-order valence-electron chi connectivity index (χ0n) is 18.9. The van der Waals surface area contributed by atoms with E-state index < -0.39 is 0 Å². The van der Waals surface area contributed by atoms with Crippen molar-refractivity contribution >= 4 is 0 Å². The number of likely N-dealkylation sites (N-methyl/N-ethyl adjacent to an activating group) is 1. The molecule has 0 amide bonds. The van der Waals surface area contributed by atoms with E-state index in [2.05, 4.69) is 21.0 Å². The zero-order valence-corrected chi connectivity index (χ0v) is 21.0. The van der Waals surface area contributed by atoms with Crippen LogP contribution in [0.3, 0.4) is 0 Å². The normalized spacial score (nSPS) is 20.4. The predicted molar refractivity (Wildman–Crippen MR) is 116 cm³/mol. The molecule has 0 heterocycles. The zero-order chi connectivity index (χ0) is 19.1. The van der Waals surface area contributed by atoms with Gasteiger partial charge in [0.25, 0.3) is 0 Å². The van der Waals surface area contributed by atoms with Gasteiger partial charge in [0.1, 0.15) is 12.1 Å². The van der Waals surface area contributed by atoms with Crippen LogP contribution in [0.25, 0.3) is 0 Å². The van der Waals surface area contributed by atoms with E-state index in [4.69, 9.17) is 0 Å². The van der Waals surface area contributed by atoms with Crippen molar-refractivity contribution in [2.24, 2.45) is 0 Å². The van der Waals surface area contributed by atoms with Crippen LogP contribution in [0, 0.1) is 0 Å². The Morgan fingerprint density at radius 1 is 0.667 bits per heavy atom. The van der Waals surface area contributed by atoms with Gasteiger partial charge in [0.15, 0.2) is 0 Å². The molecule has 0 aliphatic heterocycles. The van der Waals surface area contributed by atoms with Crippen LogP contribution in [-0.4, -0.2) is 42.4 Å². The quantitative estimate of drug-likeness (QED) is 0.196. The molecule has 0 saturated heterocycles. The number of rotatable bonds is 16. The second-order valence-corrected chi connectivity index (χ2v) is 9.52. The van der Waals surface area contributed by atoms with Crippen LogP contribution in [0.5, 0.6) is 0 Å². The molecule has 0 aromatic carbocycles. The summed E-state index contributed by atoms with van der Waals surface area (Å²) in [7, 11) is 4.67. The monoisotopic (exact) mass is 495 g/mol. The Bertz CT molecular complexity index is 322. The van der Waals surface area contributed by atoms with E-state index in [9.17, 15) is 5.11 Å². The molecule has 1 rings (SSSR count). The van der Waals surface area contributed by atoms with Crippen molar-refractivity contribution < 1.29 is 33.6 Å². The third kappa shape index (κ3) is 13.5. The molecule has 1 fully saturated rings. The lowest BCUT2D eigenvalue weighted by molar-refractivity contribution is -0.920. The molecule has 2 nitrogen and oxygen atoms in total. The molecule has 1 aliphatic carbocycles. The standard InChI is InChI=1S/C24H50NO.HI/c1-4-5-6-7-8-9-10-11-12-13-14-15-16-19-22-25(2,3)23-20-17-18-21-24(23)26;/h23-24,26H,4-22H2,1-3H3;1H/q+1;/p-1. The lowest BCUT2D eigenvalue weighted by Crippen LogP contribution is -3.00. The Balaban J connectivity index is 0.00000676. The fraction of sp³-hybridized carbons (Fsp3) is 1.00. The molecule has 2 unspecified atom stereocenters. The first-order valence-electron chi connectivity index (χ1n) is 12.1. The van der Waals surface area contributed by atoms with E-state index >= 15 is 0 Å². The van der Waals surface area contributed by atoms with Crippen LogP contribution in [0.1, 0.15) is 122 Å². The maximum Gasteiger partial charge on any atom is 0.115 e. The second-order valence-electron chi connectivity index (χ2n) is 9.52. The molecule has 2 atom stereocenters. The van der Waals surface area contributed by atoms with Gasteiger partial charge in [-0.2, -0.15) is 0 Å². The Labute approximate surface area is 188 Å². The van der Waals surface area contributed by atoms with Gasteiger partial charge in [-0.25, -0.2) is 0 Å². The Hall–Kier alpha value is 0.650. The van der Waals surface area contributed by atoms with Crippen molar-refractivity contribution in [1.29, 1.82) is 0 Å². The SMILES string of the molecule is CCCCCCCCCCCCCCCC[N+](C)(C)C1CCCCC1O.[I-]. The van der Waals surface area contributed by atoms with Crippen LogP contribution in [0.15, 0.2) is 0 Å². The number of hydrogen-bond donors (Lipinski definition) is 1. The van der Waals surface area contributed by atoms with E-state index in [1.165, 1.54) is 116 Å². The number of halogens is 1. The number of hydrogen-bond acceptors (Lipinski definition) is 1. The molecule has 27 heavy (non-hydrogen) atoms. The van der Waals surface area contributed by atoms with Crippen molar-refractivity contribution in [2.45, 2.75) is 135 Å². The summed E-state index contributed by atoms with van der Waals surface area (Å²) in [5.74, 6) is 0. The average molecular weight is 496 g/mol. The van der Waals surface area contributed by atoms with E-state index in [1.54, 1.807) is 0 Å². The lowest BCUT2D eigenvalue weighted by Gasteiger charge is -2.42. The molecule has 0 aromatic heterocycles. The first-order valence-corrected chi connectivity index (χ1v) is 12.1. The summed E-state index contributed by atoms with van der Waals surface area (Å²) < 4.78 is 1.03. The molecule has 0 bridgehead atoms. The van der Waals surface area contributed by atoms with Crippen molar-refractivity contribution in [2.75, 3.05) is 20.6 Å². The second kappa shape index (κ2) is 17.5. The average Bonchev–Trinajstić information content (AvgIpc) is 2.62. The largest absolute Gasteiger partial charge is 1.00 e. The minimum atomic E-state index is -0.0644. The smallest absolute Gasteiger partial charge is 0.115 e. The van der Waals surface area contributed by atoms with Crippen molar-refractivity contribution in [3.05, 3.63) is 0 Å². The summed E-state index contributed by atoms with van der Waals surface area (Å²) in [5, 5.41) is 10.3. The maximum atomic E-state index is 10.3. The topological polar surface area (TPSA) is 20.2 Å². The fourth-order valence-electron chi connectivity index (χ4n) is 4.79. The highest BCUT2D eigenvalue weighted by Crippen LogP contribution is 2.26. The molecule has 0 radical (unpaired) electrons. The molecule has 1 saturated carbocycles. The van der Waals surface area contributed by atoms with E-state index in [1.807, 2.05) is 0 Å². The summed E-state index contributed by atoms with van der Waals surface area (Å²) in [4.78, 5) is 0. The van der Waals surface area contributed by atoms with Crippen LogP contribution < -0.4 is 24.0 Å². The minimum absolute atomic E-state index is 0. The minimum Gasteiger partial charge on any atom is -1.00 e. The molecule has 0 spiro atoms. The third-order valence-electron chi connectivity index (χ3n) is 6.68. The van der Waals surface area contributed by atoms with Crippen LogP contribution >= 0.6 is 0 Å². The van der Waals surface area contributed by atoms with Gasteiger partial charge in [0.05, 0.1) is 20.6 Å².